The molecule has 122 valence electrons. The van der Waals surface area contributed by atoms with Gasteiger partial charge in [-0.25, -0.2) is 0 Å². The van der Waals surface area contributed by atoms with Gasteiger partial charge in [0, 0.05) is 22.8 Å². The third kappa shape index (κ3) is 3.73. The van der Waals surface area contributed by atoms with Crippen LogP contribution in [0.2, 0.25) is 0 Å². The molecule has 0 radical (unpaired) electrons. The van der Waals surface area contributed by atoms with Crippen molar-refractivity contribution < 1.29 is 4.79 Å². The summed E-state index contributed by atoms with van der Waals surface area (Å²) in [5, 5.41) is 9.18. The highest BCUT2D eigenvalue weighted by Gasteiger charge is 2.15. The van der Waals surface area contributed by atoms with Gasteiger partial charge in [-0.3, -0.25) is 9.78 Å². The first-order chi connectivity index (χ1) is 11.7. The Kier molecular flexibility index (Phi) is 5.42. The molecule has 3 aromatic rings. The van der Waals surface area contributed by atoms with Crippen LogP contribution in [0.5, 0.6) is 0 Å². The number of nitrogens with zero attached hydrogens (tertiary/aromatic N) is 4. The van der Waals surface area contributed by atoms with Gasteiger partial charge in [-0.2, -0.15) is 0 Å². The molecule has 0 atom stereocenters. The number of Topliss-reactive ketones (excluding diaryl/α,β-unsaturated/α-hetero) is 1. The number of hydrogen-bond donors (Lipinski definition) is 0. The van der Waals surface area contributed by atoms with Crippen LogP contribution < -0.4 is 0 Å². The molecule has 7 heteroatoms. The van der Waals surface area contributed by atoms with Crippen molar-refractivity contribution in [1.82, 2.24) is 19.7 Å². The molecular formula is C17H15BrN4OS. The molecule has 0 amide bonds. The monoisotopic (exact) mass is 402 g/mol. The van der Waals surface area contributed by atoms with Crippen molar-refractivity contribution in [2.75, 3.05) is 5.75 Å². The van der Waals surface area contributed by atoms with E-state index in [1.54, 1.807) is 6.20 Å². The van der Waals surface area contributed by atoms with E-state index in [-0.39, 0.29) is 5.78 Å². The van der Waals surface area contributed by atoms with Crippen LogP contribution in [-0.2, 0) is 6.54 Å². The summed E-state index contributed by atoms with van der Waals surface area (Å²) in [6.07, 6.45) is 1.73. The second-order valence-electron chi connectivity index (χ2n) is 4.99. The number of pyridine rings is 1. The van der Waals surface area contributed by atoms with E-state index in [1.165, 1.54) is 11.8 Å². The molecule has 0 aliphatic carbocycles. The summed E-state index contributed by atoms with van der Waals surface area (Å²) in [6, 6.07) is 13.1. The van der Waals surface area contributed by atoms with Gasteiger partial charge >= 0.3 is 0 Å². The van der Waals surface area contributed by atoms with Crippen molar-refractivity contribution in [3.8, 4) is 11.5 Å². The lowest BCUT2D eigenvalue weighted by Gasteiger charge is -2.06. The lowest BCUT2D eigenvalue weighted by molar-refractivity contribution is 0.102. The number of ketones is 1. The maximum Gasteiger partial charge on any atom is 0.191 e. The predicted molar refractivity (Wildman–Crippen MR) is 98.1 cm³/mol. The molecule has 0 fully saturated rings. The summed E-state index contributed by atoms with van der Waals surface area (Å²) in [5.41, 5.74) is 1.46. The minimum absolute atomic E-state index is 0.0614. The number of hydrogen-bond acceptors (Lipinski definition) is 5. The van der Waals surface area contributed by atoms with Crippen LogP contribution in [0.4, 0.5) is 0 Å². The Morgan fingerprint density at radius 2 is 2.08 bits per heavy atom. The standard InChI is InChI=1S/C17H15BrN4OS/c1-2-22-16(14-8-3-4-9-19-14)20-21-17(22)24-11-15(23)12-6-5-7-13(18)10-12/h3-10H,2,11H2,1H3. The first-order valence-corrected chi connectivity index (χ1v) is 9.23. The average molecular weight is 403 g/mol. The minimum atomic E-state index is 0.0614. The molecule has 0 N–H and O–H groups in total. The number of carbonyl (C=O) groups excluding carboxylic acids is 1. The Morgan fingerprint density at radius 3 is 2.79 bits per heavy atom. The topological polar surface area (TPSA) is 60.7 Å². The molecule has 0 saturated carbocycles. The third-order valence-electron chi connectivity index (χ3n) is 3.41. The SMILES string of the molecule is CCn1c(SCC(=O)c2cccc(Br)c2)nnc1-c1ccccn1. The van der Waals surface area contributed by atoms with Gasteiger partial charge in [-0.05, 0) is 31.2 Å². The van der Waals surface area contributed by atoms with Gasteiger partial charge in [0.2, 0.25) is 0 Å². The van der Waals surface area contributed by atoms with Crippen molar-refractivity contribution in [2.45, 2.75) is 18.6 Å². The number of carbonyl (C=O) groups is 1. The molecule has 0 bridgehead atoms. The number of benzene rings is 1. The molecule has 2 aromatic heterocycles. The first kappa shape index (κ1) is 16.9. The molecule has 24 heavy (non-hydrogen) atoms. The van der Waals surface area contributed by atoms with Crippen LogP contribution >= 0.6 is 27.7 Å². The highest BCUT2D eigenvalue weighted by atomic mass is 79.9. The quantitative estimate of drug-likeness (QED) is 0.458. The van der Waals surface area contributed by atoms with Crippen molar-refractivity contribution in [3.05, 3.63) is 58.7 Å². The van der Waals surface area contributed by atoms with E-state index in [1.807, 2.05) is 54.0 Å². The third-order valence-corrected chi connectivity index (χ3v) is 4.87. The van der Waals surface area contributed by atoms with Gasteiger partial charge in [0.25, 0.3) is 0 Å². The van der Waals surface area contributed by atoms with Crippen LogP contribution in [0.1, 0.15) is 17.3 Å². The zero-order valence-corrected chi connectivity index (χ0v) is 15.4. The van der Waals surface area contributed by atoms with Gasteiger partial charge in [0.15, 0.2) is 16.8 Å². The highest BCUT2D eigenvalue weighted by molar-refractivity contribution is 9.10. The van der Waals surface area contributed by atoms with E-state index < -0.39 is 0 Å². The van der Waals surface area contributed by atoms with Crippen LogP contribution in [0.25, 0.3) is 11.5 Å². The van der Waals surface area contributed by atoms with Gasteiger partial charge < -0.3 is 4.57 Å². The fraction of sp³-hybridized carbons (Fsp3) is 0.176. The van der Waals surface area contributed by atoms with E-state index in [0.717, 1.165) is 21.1 Å². The van der Waals surface area contributed by atoms with E-state index in [9.17, 15) is 4.79 Å². The summed E-state index contributed by atoms with van der Waals surface area (Å²) in [5.74, 6) is 1.10. The summed E-state index contributed by atoms with van der Waals surface area (Å²) in [6.45, 7) is 2.74. The van der Waals surface area contributed by atoms with E-state index >= 15 is 0 Å². The normalized spacial score (nSPS) is 10.8. The second kappa shape index (κ2) is 7.72. The van der Waals surface area contributed by atoms with Gasteiger partial charge in [-0.15, -0.1) is 10.2 Å². The van der Waals surface area contributed by atoms with Crippen LogP contribution in [0.3, 0.4) is 0 Å². The summed E-state index contributed by atoms with van der Waals surface area (Å²) in [4.78, 5) is 16.7. The molecule has 0 unspecified atom stereocenters. The van der Waals surface area contributed by atoms with E-state index in [0.29, 0.717) is 17.9 Å². The minimum Gasteiger partial charge on any atom is -0.301 e. The predicted octanol–water partition coefficient (Wildman–Crippen LogP) is 4.10. The molecule has 3 rings (SSSR count). The van der Waals surface area contributed by atoms with Crippen molar-refractivity contribution >= 4 is 33.5 Å². The maximum absolute atomic E-state index is 12.3. The zero-order chi connectivity index (χ0) is 16.9. The van der Waals surface area contributed by atoms with Gasteiger partial charge in [-0.1, -0.05) is 45.9 Å². The Hall–Kier alpha value is -1.99. The molecule has 2 heterocycles. The molecule has 1 aromatic carbocycles. The number of aromatic nitrogens is 4. The molecule has 0 aliphatic rings. The largest absolute Gasteiger partial charge is 0.301 e. The Labute approximate surface area is 152 Å². The Morgan fingerprint density at radius 1 is 1.21 bits per heavy atom. The van der Waals surface area contributed by atoms with E-state index in [2.05, 4.69) is 31.1 Å². The highest BCUT2D eigenvalue weighted by Crippen LogP contribution is 2.23. The number of halogens is 1. The van der Waals surface area contributed by atoms with Crippen LogP contribution in [0, 0.1) is 0 Å². The van der Waals surface area contributed by atoms with E-state index in [4.69, 9.17) is 0 Å². The summed E-state index contributed by atoms with van der Waals surface area (Å²) < 4.78 is 2.87. The van der Waals surface area contributed by atoms with Crippen molar-refractivity contribution in [2.24, 2.45) is 0 Å². The van der Waals surface area contributed by atoms with Crippen LogP contribution in [-0.4, -0.2) is 31.3 Å². The maximum atomic E-state index is 12.3. The number of rotatable bonds is 6. The lowest BCUT2D eigenvalue weighted by atomic mass is 10.2. The van der Waals surface area contributed by atoms with Crippen LogP contribution in [0.15, 0.2) is 58.3 Å². The molecule has 5 nitrogen and oxygen atoms in total. The lowest BCUT2D eigenvalue weighted by Crippen LogP contribution is -2.05. The second-order valence-corrected chi connectivity index (χ2v) is 6.85. The molecule has 0 saturated heterocycles. The van der Waals surface area contributed by atoms with Crippen molar-refractivity contribution in [3.63, 3.8) is 0 Å². The average Bonchev–Trinajstić information content (AvgIpc) is 3.03. The fourth-order valence-electron chi connectivity index (χ4n) is 2.24. The summed E-state index contributed by atoms with van der Waals surface area (Å²) in [7, 11) is 0. The van der Waals surface area contributed by atoms with Gasteiger partial charge in [0.05, 0.1) is 5.75 Å². The van der Waals surface area contributed by atoms with Gasteiger partial charge in [0.1, 0.15) is 5.69 Å². The molecule has 0 aliphatic heterocycles. The molecule has 0 spiro atoms. The fourth-order valence-corrected chi connectivity index (χ4v) is 3.54. The number of thioether (sulfide) groups is 1. The first-order valence-electron chi connectivity index (χ1n) is 7.45. The summed E-state index contributed by atoms with van der Waals surface area (Å²) >= 11 is 4.78. The Balaban J connectivity index is 1.76. The Bertz CT molecular complexity index is 851. The zero-order valence-electron chi connectivity index (χ0n) is 13.0. The molecular weight excluding hydrogens is 388 g/mol. The van der Waals surface area contributed by atoms with Crippen molar-refractivity contribution in [1.29, 1.82) is 0 Å². The smallest absolute Gasteiger partial charge is 0.191 e.